The van der Waals surface area contributed by atoms with E-state index in [-0.39, 0.29) is 0 Å². The SMILES string of the molecule is Cc1cccc(C)c1NC(=S)N(CCCN1CCCC1)Cc1cccs1. The first-order chi connectivity index (χ1) is 12.6. The molecule has 1 aliphatic rings. The first-order valence-electron chi connectivity index (χ1n) is 9.50. The smallest absolute Gasteiger partial charge is 0.173 e. The number of nitrogens with one attached hydrogen (secondary N) is 1. The van der Waals surface area contributed by atoms with Crippen LogP contribution in [-0.2, 0) is 6.54 Å². The molecule has 0 aliphatic carbocycles. The lowest BCUT2D eigenvalue weighted by molar-refractivity contribution is 0.307. The van der Waals surface area contributed by atoms with Crippen molar-refractivity contribution in [3.8, 4) is 0 Å². The molecule has 0 atom stereocenters. The molecule has 0 radical (unpaired) electrons. The van der Waals surface area contributed by atoms with Gasteiger partial charge in [-0.2, -0.15) is 0 Å². The summed E-state index contributed by atoms with van der Waals surface area (Å²) in [6.07, 6.45) is 3.86. The van der Waals surface area contributed by atoms with Crippen molar-refractivity contribution in [2.75, 3.05) is 31.5 Å². The molecule has 5 heteroatoms. The van der Waals surface area contributed by atoms with Crippen molar-refractivity contribution in [2.45, 2.75) is 39.7 Å². The predicted molar refractivity (Wildman–Crippen MR) is 117 cm³/mol. The number of anilines is 1. The van der Waals surface area contributed by atoms with Crippen LogP contribution in [0.25, 0.3) is 0 Å². The molecular weight excluding hydrogens is 358 g/mol. The van der Waals surface area contributed by atoms with Crippen molar-refractivity contribution < 1.29 is 0 Å². The number of thiophene rings is 1. The van der Waals surface area contributed by atoms with Gasteiger partial charge >= 0.3 is 0 Å². The van der Waals surface area contributed by atoms with Crippen molar-refractivity contribution in [3.05, 3.63) is 51.7 Å². The molecule has 0 amide bonds. The zero-order chi connectivity index (χ0) is 18.4. The van der Waals surface area contributed by atoms with Gasteiger partial charge < -0.3 is 15.1 Å². The molecule has 0 saturated carbocycles. The fourth-order valence-electron chi connectivity index (χ4n) is 3.53. The van der Waals surface area contributed by atoms with Gasteiger partial charge in [0.1, 0.15) is 0 Å². The van der Waals surface area contributed by atoms with E-state index < -0.39 is 0 Å². The zero-order valence-corrected chi connectivity index (χ0v) is 17.5. The lowest BCUT2D eigenvalue weighted by atomic mass is 10.1. The van der Waals surface area contributed by atoms with Gasteiger partial charge in [0.2, 0.25) is 0 Å². The second kappa shape index (κ2) is 9.49. The van der Waals surface area contributed by atoms with Gasteiger partial charge in [-0.1, -0.05) is 24.3 Å². The van der Waals surface area contributed by atoms with Gasteiger partial charge in [0.15, 0.2) is 5.11 Å². The first-order valence-corrected chi connectivity index (χ1v) is 10.8. The van der Waals surface area contributed by atoms with E-state index in [9.17, 15) is 0 Å². The van der Waals surface area contributed by atoms with Crippen LogP contribution in [0.5, 0.6) is 0 Å². The third-order valence-electron chi connectivity index (χ3n) is 5.03. The van der Waals surface area contributed by atoms with E-state index in [1.807, 2.05) is 0 Å². The van der Waals surface area contributed by atoms with Gasteiger partial charge in [-0.15, -0.1) is 11.3 Å². The first kappa shape index (κ1) is 19.3. The molecule has 0 spiro atoms. The molecule has 2 aromatic rings. The molecule has 3 nitrogen and oxygen atoms in total. The van der Waals surface area contributed by atoms with Gasteiger partial charge in [-0.25, -0.2) is 0 Å². The van der Waals surface area contributed by atoms with Gasteiger partial charge in [0.25, 0.3) is 0 Å². The van der Waals surface area contributed by atoms with Crippen molar-refractivity contribution in [2.24, 2.45) is 0 Å². The minimum Gasteiger partial charge on any atom is -0.344 e. The largest absolute Gasteiger partial charge is 0.344 e. The van der Waals surface area contributed by atoms with Crippen molar-refractivity contribution in [3.63, 3.8) is 0 Å². The molecule has 1 aromatic heterocycles. The van der Waals surface area contributed by atoms with Gasteiger partial charge in [-0.3, -0.25) is 0 Å². The summed E-state index contributed by atoms with van der Waals surface area (Å²) in [7, 11) is 0. The highest BCUT2D eigenvalue weighted by atomic mass is 32.1. The summed E-state index contributed by atoms with van der Waals surface area (Å²) < 4.78 is 0. The average Bonchev–Trinajstić information content (AvgIpc) is 3.31. The normalized spacial score (nSPS) is 14.5. The Balaban J connectivity index is 1.63. The summed E-state index contributed by atoms with van der Waals surface area (Å²) in [4.78, 5) is 6.26. The van der Waals surface area contributed by atoms with Crippen LogP contribution < -0.4 is 5.32 Å². The maximum atomic E-state index is 5.80. The predicted octanol–water partition coefficient (Wildman–Crippen LogP) is 5.05. The number of benzene rings is 1. The average molecular weight is 388 g/mol. The Morgan fingerprint density at radius 2 is 1.88 bits per heavy atom. The van der Waals surface area contributed by atoms with Crippen LogP contribution in [0, 0.1) is 13.8 Å². The Kier molecular flexibility index (Phi) is 7.06. The van der Waals surface area contributed by atoms with E-state index in [1.165, 1.54) is 48.5 Å². The van der Waals surface area contributed by atoms with E-state index >= 15 is 0 Å². The summed E-state index contributed by atoms with van der Waals surface area (Å²) in [6.45, 7) is 9.84. The Bertz CT molecular complexity index is 686. The summed E-state index contributed by atoms with van der Waals surface area (Å²) in [6, 6.07) is 10.7. The van der Waals surface area contributed by atoms with Crippen LogP contribution in [-0.4, -0.2) is 41.1 Å². The highest BCUT2D eigenvalue weighted by Gasteiger charge is 2.15. The molecule has 0 bridgehead atoms. The molecule has 1 fully saturated rings. The Morgan fingerprint density at radius 3 is 2.54 bits per heavy atom. The fraction of sp³-hybridized carbons (Fsp3) is 0.476. The van der Waals surface area contributed by atoms with Crippen LogP contribution in [0.4, 0.5) is 5.69 Å². The number of likely N-dealkylation sites (tertiary alicyclic amines) is 1. The Labute approximate surface area is 167 Å². The number of hydrogen-bond donors (Lipinski definition) is 1. The molecule has 26 heavy (non-hydrogen) atoms. The molecule has 1 N–H and O–H groups in total. The van der Waals surface area contributed by atoms with E-state index in [4.69, 9.17) is 12.2 Å². The summed E-state index contributed by atoms with van der Waals surface area (Å²) >= 11 is 7.60. The Morgan fingerprint density at radius 1 is 1.15 bits per heavy atom. The minimum atomic E-state index is 0.831. The molecule has 140 valence electrons. The second-order valence-corrected chi connectivity index (χ2v) is 8.52. The van der Waals surface area contributed by atoms with Crippen LogP contribution in [0.3, 0.4) is 0 Å². The topological polar surface area (TPSA) is 18.5 Å². The minimum absolute atomic E-state index is 0.831. The number of para-hydroxylation sites is 1. The van der Waals surface area contributed by atoms with Crippen molar-refractivity contribution in [1.82, 2.24) is 9.80 Å². The molecule has 3 rings (SSSR count). The van der Waals surface area contributed by atoms with Gasteiger partial charge in [0.05, 0.1) is 6.54 Å². The highest BCUT2D eigenvalue weighted by Crippen LogP contribution is 2.21. The Hall–Kier alpha value is -1.43. The molecular formula is C21H29N3S2. The fourth-order valence-corrected chi connectivity index (χ4v) is 4.51. The lowest BCUT2D eigenvalue weighted by Crippen LogP contribution is -2.36. The van der Waals surface area contributed by atoms with Crippen LogP contribution in [0.1, 0.15) is 35.3 Å². The molecule has 1 aromatic carbocycles. The van der Waals surface area contributed by atoms with E-state index in [0.29, 0.717) is 0 Å². The molecule has 1 aliphatic heterocycles. The van der Waals surface area contributed by atoms with Crippen LogP contribution in [0.2, 0.25) is 0 Å². The number of thiocarbonyl (C=S) groups is 1. The third-order valence-corrected chi connectivity index (χ3v) is 6.25. The summed E-state index contributed by atoms with van der Waals surface area (Å²) in [5.74, 6) is 0. The quantitative estimate of drug-likeness (QED) is 0.670. The van der Waals surface area contributed by atoms with Gasteiger partial charge in [-0.05, 0) is 87.5 Å². The number of nitrogens with zero attached hydrogens (tertiary/aromatic N) is 2. The van der Waals surface area contributed by atoms with E-state index in [2.05, 4.69) is 64.7 Å². The van der Waals surface area contributed by atoms with Crippen molar-refractivity contribution in [1.29, 1.82) is 0 Å². The standard InChI is InChI=1S/C21H29N3S2/c1-17-8-5-9-18(2)20(17)22-21(25)24(16-19-10-6-15-26-19)14-7-13-23-11-3-4-12-23/h5-6,8-10,15H,3-4,7,11-14,16H2,1-2H3,(H,22,25). The monoisotopic (exact) mass is 387 g/mol. The van der Waals surface area contributed by atoms with E-state index in [0.717, 1.165) is 30.3 Å². The highest BCUT2D eigenvalue weighted by molar-refractivity contribution is 7.80. The summed E-state index contributed by atoms with van der Waals surface area (Å²) in [5.41, 5.74) is 3.62. The third kappa shape index (κ3) is 5.29. The maximum Gasteiger partial charge on any atom is 0.173 e. The zero-order valence-electron chi connectivity index (χ0n) is 15.8. The van der Waals surface area contributed by atoms with Crippen LogP contribution in [0.15, 0.2) is 35.7 Å². The van der Waals surface area contributed by atoms with Crippen LogP contribution >= 0.6 is 23.6 Å². The molecule has 1 saturated heterocycles. The number of aryl methyl sites for hydroxylation is 2. The lowest BCUT2D eigenvalue weighted by Gasteiger charge is -2.27. The molecule has 0 unspecified atom stereocenters. The summed E-state index contributed by atoms with van der Waals surface area (Å²) in [5, 5.41) is 6.49. The number of rotatable bonds is 7. The molecule has 2 heterocycles. The number of hydrogen-bond acceptors (Lipinski definition) is 3. The van der Waals surface area contributed by atoms with Gasteiger partial charge in [0, 0.05) is 17.1 Å². The van der Waals surface area contributed by atoms with E-state index in [1.54, 1.807) is 11.3 Å². The van der Waals surface area contributed by atoms with Crippen molar-refractivity contribution >= 4 is 34.4 Å². The second-order valence-electron chi connectivity index (χ2n) is 7.10. The maximum absolute atomic E-state index is 5.80.